The Balaban J connectivity index is 2.29. The van der Waals surface area contributed by atoms with Crippen molar-refractivity contribution in [3.05, 3.63) is 35.4 Å². The van der Waals surface area contributed by atoms with Gasteiger partial charge in [0.1, 0.15) is 6.17 Å². The molecule has 1 N–H and O–H groups in total. The summed E-state index contributed by atoms with van der Waals surface area (Å²) in [5.74, 6) is 1.08. The van der Waals surface area contributed by atoms with E-state index in [1.165, 1.54) is 11.1 Å². The normalized spacial score (nSPS) is 23.9. The summed E-state index contributed by atoms with van der Waals surface area (Å²) in [7, 11) is 0. The van der Waals surface area contributed by atoms with E-state index < -0.39 is 0 Å². The number of hydrogen-bond donors (Lipinski definition) is 1. The minimum Gasteiger partial charge on any atom is -0.321 e. The summed E-state index contributed by atoms with van der Waals surface area (Å²) >= 11 is 0. The first-order valence-electron chi connectivity index (χ1n) is 8.07. The average Bonchev–Trinajstić information content (AvgIpc) is 2.76. The highest BCUT2D eigenvalue weighted by Gasteiger charge is 2.41. The zero-order valence-corrected chi connectivity index (χ0v) is 13.9. The summed E-state index contributed by atoms with van der Waals surface area (Å²) in [5.41, 5.74) is 2.42. The number of amides is 1. The zero-order valence-electron chi connectivity index (χ0n) is 13.9. The van der Waals surface area contributed by atoms with Gasteiger partial charge in [0.2, 0.25) is 5.91 Å². The SMILES string of the molecule is CCC(C)CN1C(=O)C(C(C)C)NC1c1cccc(C)c1. The van der Waals surface area contributed by atoms with E-state index >= 15 is 0 Å². The fraction of sp³-hybridized carbons (Fsp3) is 0.611. The lowest BCUT2D eigenvalue weighted by atomic mass is 10.0. The molecule has 0 bridgehead atoms. The van der Waals surface area contributed by atoms with E-state index in [2.05, 4.69) is 64.2 Å². The van der Waals surface area contributed by atoms with Gasteiger partial charge in [-0.05, 0) is 24.3 Å². The minimum atomic E-state index is -0.0698. The third-order valence-electron chi connectivity index (χ3n) is 4.43. The van der Waals surface area contributed by atoms with Gasteiger partial charge in [-0.25, -0.2) is 0 Å². The van der Waals surface area contributed by atoms with E-state index in [1.807, 2.05) is 4.90 Å². The molecule has 0 aliphatic carbocycles. The van der Waals surface area contributed by atoms with Gasteiger partial charge in [-0.2, -0.15) is 0 Å². The van der Waals surface area contributed by atoms with Crippen LogP contribution in [0.3, 0.4) is 0 Å². The van der Waals surface area contributed by atoms with Crippen molar-refractivity contribution < 1.29 is 4.79 Å². The van der Waals surface area contributed by atoms with Gasteiger partial charge in [0.05, 0.1) is 6.04 Å². The van der Waals surface area contributed by atoms with Gasteiger partial charge in [-0.1, -0.05) is 63.9 Å². The zero-order chi connectivity index (χ0) is 15.6. The molecule has 1 heterocycles. The topological polar surface area (TPSA) is 32.3 Å². The van der Waals surface area contributed by atoms with Gasteiger partial charge in [0.25, 0.3) is 0 Å². The molecule has 1 aromatic carbocycles. The van der Waals surface area contributed by atoms with Crippen molar-refractivity contribution in [3.63, 3.8) is 0 Å². The quantitative estimate of drug-likeness (QED) is 0.899. The number of carbonyl (C=O) groups is 1. The molecule has 3 nitrogen and oxygen atoms in total. The average molecular weight is 288 g/mol. The van der Waals surface area contributed by atoms with Crippen LogP contribution in [0.1, 0.15) is 51.4 Å². The Labute approximate surface area is 128 Å². The Morgan fingerprint density at radius 1 is 1.29 bits per heavy atom. The summed E-state index contributed by atoms with van der Waals surface area (Å²) in [6.45, 7) is 11.5. The number of carbonyl (C=O) groups excluding carboxylic acids is 1. The van der Waals surface area contributed by atoms with E-state index in [4.69, 9.17) is 0 Å². The Bertz CT molecular complexity index is 498. The molecule has 0 spiro atoms. The second-order valence-corrected chi connectivity index (χ2v) is 6.71. The Morgan fingerprint density at radius 2 is 2.00 bits per heavy atom. The van der Waals surface area contributed by atoms with Crippen molar-refractivity contribution >= 4 is 5.91 Å². The first kappa shape index (κ1) is 16.0. The van der Waals surface area contributed by atoms with Crippen LogP contribution in [0.25, 0.3) is 0 Å². The summed E-state index contributed by atoms with van der Waals surface area (Å²) in [6.07, 6.45) is 1.11. The lowest BCUT2D eigenvalue weighted by Crippen LogP contribution is -2.36. The van der Waals surface area contributed by atoms with Crippen LogP contribution in [0.5, 0.6) is 0 Å². The molecule has 116 valence electrons. The third kappa shape index (κ3) is 3.46. The highest BCUT2D eigenvalue weighted by molar-refractivity contribution is 5.84. The van der Waals surface area contributed by atoms with E-state index in [0.29, 0.717) is 11.8 Å². The molecule has 0 radical (unpaired) electrons. The Kier molecular flexibility index (Phi) is 5.04. The fourth-order valence-corrected chi connectivity index (χ4v) is 2.89. The smallest absolute Gasteiger partial charge is 0.241 e. The van der Waals surface area contributed by atoms with E-state index in [1.54, 1.807) is 0 Å². The van der Waals surface area contributed by atoms with Gasteiger partial charge in [0, 0.05) is 6.54 Å². The monoisotopic (exact) mass is 288 g/mol. The highest BCUT2D eigenvalue weighted by Crippen LogP contribution is 2.29. The van der Waals surface area contributed by atoms with Crippen molar-refractivity contribution in [2.45, 2.75) is 53.2 Å². The number of hydrogen-bond acceptors (Lipinski definition) is 2. The van der Waals surface area contributed by atoms with Crippen LogP contribution in [0.2, 0.25) is 0 Å². The lowest BCUT2D eigenvalue weighted by molar-refractivity contribution is -0.131. The summed E-state index contributed by atoms with van der Waals surface area (Å²) in [5, 5.41) is 3.54. The van der Waals surface area contributed by atoms with Gasteiger partial charge in [0.15, 0.2) is 0 Å². The number of nitrogens with zero attached hydrogens (tertiary/aromatic N) is 1. The maximum absolute atomic E-state index is 12.7. The van der Waals surface area contributed by atoms with Crippen molar-refractivity contribution in [1.29, 1.82) is 0 Å². The van der Waals surface area contributed by atoms with Crippen LogP contribution in [0, 0.1) is 18.8 Å². The highest BCUT2D eigenvalue weighted by atomic mass is 16.2. The predicted octanol–water partition coefficient (Wildman–Crippen LogP) is 3.50. The lowest BCUT2D eigenvalue weighted by Gasteiger charge is -2.27. The molecular weight excluding hydrogens is 260 g/mol. The van der Waals surface area contributed by atoms with E-state index in [0.717, 1.165) is 13.0 Å². The molecule has 0 aromatic heterocycles. The van der Waals surface area contributed by atoms with Crippen LogP contribution in [-0.2, 0) is 4.79 Å². The predicted molar refractivity (Wildman–Crippen MR) is 86.8 cm³/mol. The summed E-state index contributed by atoms with van der Waals surface area (Å²) in [6, 6.07) is 8.39. The van der Waals surface area contributed by atoms with Crippen molar-refractivity contribution in [1.82, 2.24) is 10.2 Å². The van der Waals surface area contributed by atoms with Crippen molar-refractivity contribution in [2.24, 2.45) is 11.8 Å². The molecular formula is C18H28N2O. The van der Waals surface area contributed by atoms with Gasteiger partial charge >= 0.3 is 0 Å². The maximum Gasteiger partial charge on any atom is 0.241 e. The molecule has 2 rings (SSSR count). The van der Waals surface area contributed by atoms with Crippen molar-refractivity contribution in [3.8, 4) is 0 Å². The Morgan fingerprint density at radius 3 is 2.57 bits per heavy atom. The molecule has 3 unspecified atom stereocenters. The molecule has 3 atom stereocenters. The molecule has 3 heteroatoms. The molecule has 1 amide bonds. The van der Waals surface area contributed by atoms with Crippen LogP contribution < -0.4 is 5.32 Å². The maximum atomic E-state index is 12.7. The van der Waals surface area contributed by atoms with Crippen molar-refractivity contribution in [2.75, 3.05) is 6.54 Å². The Hall–Kier alpha value is -1.35. The summed E-state index contributed by atoms with van der Waals surface area (Å²) < 4.78 is 0. The van der Waals surface area contributed by atoms with Crippen LogP contribution in [0.15, 0.2) is 24.3 Å². The fourth-order valence-electron chi connectivity index (χ4n) is 2.89. The molecule has 1 aromatic rings. The van der Waals surface area contributed by atoms with Gasteiger partial charge in [-0.3, -0.25) is 10.1 Å². The molecule has 1 aliphatic heterocycles. The van der Waals surface area contributed by atoms with E-state index in [-0.39, 0.29) is 18.1 Å². The van der Waals surface area contributed by atoms with Crippen LogP contribution in [-0.4, -0.2) is 23.4 Å². The molecule has 0 saturated carbocycles. The molecule has 21 heavy (non-hydrogen) atoms. The second-order valence-electron chi connectivity index (χ2n) is 6.71. The third-order valence-corrected chi connectivity index (χ3v) is 4.43. The first-order chi connectivity index (χ1) is 9.93. The molecule has 1 fully saturated rings. The van der Waals surface area contributed by atoms with Crippen LogP contribution >= 0.6 is 0 Å². The minimum absolute atomic E-state index is 0.0128. The van der Waals surface area contributed by atoms with Crippen LogP contribution in [0.4, 0.5) is 0 Å². The number of nitrogens with one attached hydrogen (secondary N) is 1. The second kappa shape index (κ2) is 6.61. The molecule has 1 saturated heterocycles. The largest absolute Gasteiger partial charge is 0.321 e. The number of benzene rings is 1. The van der Waals surface area contributed by atoms with E-state index in [9.17, 15) is 4.79 Å². The number of aryl methyl sites for hydroxylation is 1. The standard InChI is InChI=1S/C18H28N2O/c1-6-13(4)11-20-17(15-9-7-8-14(5)10-15)19-16(12(2)3)18(20)21/h7-10,12-13,16-17,19H,6,11H2,1-5H3. The van der Waals surface area contributed by atoms with Gasteiger partial charge in [-0.15, -0.1) is 0 Å². The molecule has 1 aliphatic rings. The summed E-state index contributed by atoms with van der Waals surface area (Å²) in [4.78, 5) is 14.8. The first-order valence-corrected chi connectivity index (χ1v) is 8.07. The van der Waals surface area contributed by atoms with Gasteiger partial charge < -0.3 is 4.90 Å². The number of rotatable bonds is 5.